The average Bonchev–Trinajstić information content (AvgIpc) is 1.85. The molecule has 1 atom stereocenters. The molecule has 2 nitrogen and oxygen atoms in total. The molecule has 0 fully saturated rings. The standard InChI is InChI=1S/C8H19NO/c1-5-8(2,10)6-7-9(3)4/h10H,5-7H2,1-4H3. The number of aliphatic hydroxyl groups is 1. The molecule has 0 rings (SSSR count). The van der Waals surface area contributed by atoms with E-state index in [2.05, 4.69) is 4.90 Å². The van der Waals surface area contributed by atoms with E-state index in [1.165, 1.54) is 0 Å². The molecule has 2 heteroatoms. The molecular weight excluding hydrogens is 126 g/mol. The fourth-order valence-electron chi connectivity index (χ4n) is 0.641. The van der Waals surface area contributed by atoms with Crippen molar-refractivity contribution in [1.29, 1.82) is 0 Å². The van der Waals surface area contributed by atoms with Crippen molar-refractivity contribution in [3.63, 3.8) is 0 Å². The van der Waals surface area contributed by atoms with Crippen molar-refractivity contribution >= 4 is 0 Å². The minimum Gasteiger partial charge on any atom is -0.390 e. The van der Waals surface area contributed by atoms with Crippen LogP contribution in [0.25, 0.3) is 0 Å². The lowest BCUT2D eigenvalue weighted by Crippen LogP contribution is -2.28. The van der Waals surface area contributed by atoms with Gasteiger partial charge in [-0.3, -0.25) is 0 Å². The fourth-order valence-corrected chi connectivity index (χ4v) is 0.641. The van der Waals surface area contributed by atoms with Crippen LogP contribution in [0.15, 0.2) is 0 Å². The maximum Gasteiger partial charge on any atom is 0.0629 e. The van der Waals surface area contributed by atoms with E-state index in [1.54, 1.807) is 0 Å². The van der Waals surface area contributed by atoms with Crippen LogP contribution in [0.3, 0.4) is 0 Å². The molecule has 0 spiro atoms. The molecule has 0 amide bonds. The van der Waals surface area contributed by atoms with Crippen molar-refractivity contribution < 1.29 is 5.11 Å². The van der Waals surface area contributed by atoms with Crippen molar-refractivity contribution in [2.75, 3.05) is 20.6 Å². The monoisotopic (exact) mass is 145 g/mol. The highest BCUT2D eigenvalue weighted by atomic mass is 16.3. The van der Waals surface area contributed by atoms with Gasteiger partial charge >= 0.3 is 0 Å². The van der Waals surface area contributed by atoms with Gasteiger partial charge in [0.15, 0.2) is 0 Å². The molecule has 0 aromatic heterocycles. The normalized spacial score (nSPS) is 17.4. The number of rotatable bonds is 4. The summed E-state index contributed by atoms with van der Waals surface area (Å²) in [5.41, 5.74) is -0.468. The second-order valence-electron chi connectivity index (χ2n) is 3.40. The van der Waals surface area contributed by atoms with Crippen molar-refractivity contribution in [2.24, 2.45) is 0 Å². The second-order valence-corrected chi connectivity index (χ2v) is 3.40. The highest BCUT2D eigenvalue weighted by Crippen LogP contribution is 2.12. The quantitative estimate of drug-likeness (QED) is 0.640. The summed E-state index contributed by atoms with van der Waals surface area (Å²) in [6.07, 6.45) is 1.69. The maximum atomic E-state index is 9.55. The van der Waals surface area contributed by atoms with Gasteiger partial charge in [0, 0.05) is 6.54 Å². The summed E-state index contributed by atoms with van der Waals surface area (Å²) in [7, 11) is 4.04. The first-order valence-corrected chi connectivity index (χ1v) is 3.85. The Labute approximate surface area is 63.8 Å². The third kappa shape index (κ3) is 4.77. The van der Waals surface area contributed by atoms with Gasteiger partial charge in [-0.15, -0.1) is 0 Å². The molecule has 0 aliphatic carbocycles. The minimum atomic E-state index is -0.468. The molecule has 0 heterocycles. The first kappa shape index (κ1) is 9.92. The predicted octanol–water partition coefficient (Wildman–Crippen LogP) is 1.10. The van der Waals surface area contributed by atoms with Gasteiger partial charge in [-0.05, 0) is 33.9 Å². The van der Waals surface area contributed by atoms with Crippen LogP contribution < -0.4 is 0 Å². The summed E-state index contributed by atoms with van der Waals surface area (Å²) in [5.74, 6) is 0. The molecule has 62 valence electrons. The largest absolute Gasteiger partial charge is 0.390 e. The molecule has 0 aromatic rings. The minimum absolute atomic E-state index is 0.468. The van der Waals surface area contributed by atoms with E-state index in [0.29, 0.717) is 0 Å². The Bertz CT molecular complexity index is 89.3. The third-order valence-electron chi connectivity index (χ3n) is 1.86. The Kier molecular flexibility index (Phi) is 3.91. The van der Waals surface area contributed by atoms with Gasteiger partial charge in [0.1, 0.15) is 0 Å². The smallest absolute Gasteiger partial charge is 0.0629 e. The Morgan fingerprint density at radius 3 is 2.20 bits per heavy atom. The zero-order chi connectivity index (χ0) is 8.20. The molecule has 1 N–H and O–H groups in total. The number of hydrogen-bond acceptors (Lipinski definition) is 2. The summed E-state index contributed by atoms with van der Waals surface area (Å²) in [5, 5.41) is 9.55. The van der Waals surface area contributed by atoms with E-state index in [4.69, 9.17) is 0 Å². The molecule has 10 heavy (non-hydrogen) atoms. The molecule has 0 saturated heterocycles. The van der Waals surface area contributed by atoms with Gasteiger partial charge in [-0.1, -0.05) is 6.92 Å². The van der Waals surface area contributed by atoms with Crippen LogP contribution in [0.2, 0.25) is 0 Å². The van der Waals surface area contributed by atoms with Crippen molar-refractivity contribution in [2.45, 2.75) is 32.3 Å². The van der Waals surface area contributed by atoms with Crippen LogP contribution in [-0.2, 0) is 0 Å². The zero-order valence-electron chi connectivity index (χ0n) is 7.52. The van der Waals surface area contributed by atoms with Crippen LogP contribution in [-0.4, -0.2) is 36.2 Å². The van der Waals surface area contributed by atoms with E-state index in [1.807, 2.05) is 27.9 Å². The van der Waals surface area contributed by atoms with E-state index >= 15 is 0 Å². The molecule has 0 aliphatic heterocycles. The highest BCUT2D eigenvalue weighted by molar-refractivity contribution is 4.70. The summed E-state index contributed by atoms with van der Waals surface area (Å²) < 4.78 is 0. The van der Waals surface area contributed by atoms with Crippen molar-refractivity contribution in [3.05, 3.63) is 0 Å². The third-order valence-corrected chi connectivity index (χ3v) is 1.86. The lowest BCUT2D eigenvalue weighted by Gasteiger charge is -2.22. The molecule has 0 bridgehead atoms. The number of hydrogen-bond donors (Lipinski definition) is 1. The van der Waals surface area contributed by atoms with Crippen LogP contribution in [0.1, 0.15) is 26.7 Å². The van der Waals surface area contributed by atoms with E-state index < -0.39 is 5.60 Å². The van der Waals surface area contributed by atoms with E-state index in [0.717, 1.165) is 19.4 Å². The van der Waals surface area contributed by atoms with Crippen molar-refractivity contribution in [3.8, 4) is 0 Å². The molecule has 1 unspecified atom stereocenters. The molecule has 0 saturated carbocycles. The van der Waals surface area contributed by atoms with Gasteiger partial charge in [-0.2, -0.15) is 0 Å². The van der Waals surface area contributed by atoms with Gasteiger partial charge in [0.2, 0.25) is 0 Å². The highest BCUT2D eigenvalue weighted by Gasteiger charge is 2.16. The van der Waals surface area contributed by atoms with Gasteiger partial charge < -0.3 is 10.0 Å². The zero-order valence-corrected chi connectivity index (χ0v) is 7.52. The molecular formula is C8H19NO. The first-order valence-electron chi connectivity index (χ1n) is 3.85. The Hall–Kier alpha value is -0.0800. The van der Waals surface area contributed by atoms with Crippen molar-refractivity contribution in [1.82, 2.24) is 4.90 Å². The lowest BCUT2D eigenvalue weighted by molar-refractivity contribution is 0.0401. The summed E-state index contributed by atoms with van der Waals surface area (Å²) in [4.78, 5) is 2.09. The average molecular weight is 145 g/mol. The lowest BCUT2D eigenvalue weighted by atomic mass is 9.99. The van der Waals surface area contributed by atoms with E-state index in [9.17, 15) is 5.11 Å². The molecule has 0 aromatic carbocycles. The van der Waals surface area contributed by atoms with Crippen LogP contribution in [0.4, 0.5) is 0 Å². The van der Waals surface area contributed by atoms with Gasteiger partial charge in [-0.25, -0.2) is 0 Å². The summed E-state index contributed by atoms with van der Waals surface area (Å²) in [6.45, 7) is 4.85. The SMILES string of the molecule is CCC(C)(O)CCN(C)C. The molecule has 0 aliphatic rings. The molecule has 0 radical (unpaired) electrons. The Morgan fingerprint density at radius 1 is 1.40 bits per heavy atom. The van der Waals surface area contributed by atoms with E-state index in [-0.39, 0.29) is 0 Å². The summed E-state index contributed by atoms with van der Waals surface area (Å²) in [6, 6.07) is 0. The van der Waals surface area contributed by atoms with Crippen LogP contribution in [0.5, 0.6) is 0 Å². The predicted molar refractivity (Wildman–Crippen MR) is 44.1 cm³/mol. The summed E-state index contributed by atoms with van der Waals surface area (Å²) >= 11 is 0. The van der Waals surface area contributed by atoms with Crippen LogP contribution in [0, 0.1) is 0 Å². The first-order chi connectivity index (χ1) is 4.48. The van der Waals surface area contributed by atoms with Gasteiger partial charge in [0.05, 0.1) is 5.60 Å². The van der Waals surface area contributed by atoms with Gasteiger partial charge in [0.25, 0.3) is 0 Å². The second kappa shape index (κ2) is 3.94. The topological polar surface area (TPSA) is 23.5 Å². The Balaban J connectivity index is 3.46. The number of nitrogens with zero attached hydrogens (tertiary/aromatic N) is 1. The Morgan fingerprint density at radius 2 is 1.90 bits per heavy atom. The fraction of sp³-hybridized carbons (Fsp3) is 1.00. The van der Waals surface area contributed by atoms with Crippen LogP contribution >= 0.6 is 0 Å². The maximum absolute atomic E-state index is 9.55.